The van der Waals surface area contributed by atoms with Crippen LogP contribution in [0.15, 0.2) is 18.3 Å². The third-order valence-corrected chi connectivity index (χ3v) is 1.75. The molecule has 0 unspecified atom stereocenters. The summed E-state index contributed by atoms with van der Waals surface area (Å²) in [6, 6.07) is 3.28. The molecule has 1 rings (SSSR count). The smallest absolute Gasteiger partial charge is 0.219 e. The number of nitrogens with two attached hydrogens (primary N) is 1. The molecular weight excluding hydrogens is 206 g/mol. The van der Waals surface area contributed by atoms with Crippen molar-refractivity contribution >= 4 is 40.6 Å². The van der Waals surface area contributed by atoms with Gasteiger partial charge in [-0.1, -0.05) is 34.8 Å². The molecule has 0 bridgehead atoms. The van der Waals surface area contributed by atoms with Gasteiger partial charge in [0.05, 0.1) is 0 Å². The van der Waals surface area contributed by atoms with Crippen LogP contribution in [-0.2, 0) is 3.79 Å². The number of anilines is 1. The molecule has 0 aliphatic carbocycles. The first kappa shape index (κ1) is 8.91. The average molecular weight is 211 g/mol. The van der Waals surface area contributed by atoms with Gasteiger partial charge in [0.25, 0.3) is 0 Å². The zero-order valence-electron chi connectivity index (χ0n) is 5.39. The van der Waals surface area contributed by atoms with Gasteiger partial charge in [-0.25, -0.2) is 4.98 Å². The topological polar surface area (TPSA) is 38.9 Å². The first-order valence-electron chi connectivity index (χ1n) is 2.79. The van der Waals surface area contributed by atoms with Gasteiger partial charge in [0.15, 0.2) is 0 Å². The second-order valence-corrected chi connectivity index (χ2v) is 4.22. The fourth-order valence-corrected chi connectivity index (χ4v) is 1.14. The quantitative estimate of drug-likeness (QED) is 0.670. The Morgan fingerprint density at radius 2 is 2.00 bits per heavy atom. The van der Waals surface area contributed by atoms with Crippen molar-refractivity contribution in [2.24, 2.45) is 0 Å². The highest BCUT2D eigenvalue weighted by atomic mass is 35.6. The Morgan fingerprint density at radius 1 is 1.36 bits per heavy atom. The molecule has 5 heteroatoms. The lowest BCUT2D eigenvalue weighted by Crippen LogP contribution is -2.05. The highest BCUT2D eigenvalue weighted by molar-refractivity contribution is 6.67. The van der Waals surface area contributed by atoms with Crippen molar-refractivity contribution in [3.05, 3.63) is 23.9 Å². The first-order chi connectivity index (χ1) is 5.02. The van der Waals surface area contributed by atoms with Gasteiger partial charge in [0.2, 0.25) is 3.79 Å². The molecule has 0 saturated carbocycles. The van der Waals surface area contributed by atoms with Crippen molar-refractivity contribution in [1.29, 1.82) is 0 Å². The number of hydrogen-bond donors (Lipinski definition) is 1. The molecule has 0 spiro atoms. The molecule has 0 radical (unpaired) electrons. The fourth-order valence-electron chi connectivity index (χ4n) is 0.657. The number of nitrogen functional groups attached to an aromatic ring is 1. The number of aromatic nitrogens is 1. The van der Waals surface area contributed by atoms with Gasteiger partial charge in [0, 0.05) is 11.8 Å². The summed E-state index contributed by atoms with van der Waals surface area (Å²) in [5.74, 6) is 0.243. The average Bonchev–Trinajstić information content (AvgIpc) is 1.86. The predicted molar refractivity (Wildman–Crippen MR) is 47.9 cm³/mol. The largest absolute Gasteiger partial charge is 0.383 e. The van der Waals surface area contributed by atoms with Crippen molar-refractivity contribution in [3.8, 4) is 0 Å². The van der Waals surface area contributed by atoms with E-state index in [2.05, 4.69) is 4.98 Å². The van der Waals surface area contributed by atoms with Crippen LogP contribution in [0, 0.1) is 0 Å². The third-order valence-electron chi connectivity index (χ3n) is 1.14. The summed E-state index contributed by atoms with van der Waals surface area (Å²) >= 11 is 16.7. The van der Waals surface area contributed by atoms with Gasteiger partial charge in [-0.05, 0) is 12.1 Å². The lowest BCUT2D eigenvalue weighted by atomic mass is 10.3. The highest BCUT2D eigenvalue weighted by Gasteiger charge is 2.25. The minimum atomic E-state index is -1.49. The van der Waals surface area contributed by atoms with E-state index in [0.29, 0.717) is 5.56 Å². The minimum absolute atomic E-state index is 0.243. The molecule has 60 valence electrons. The van der Waals surface area contributed by atoms with Gasteiger partial charge in [0.1, 0.15) is 5.82 Å². The molecule has 1 aromatic rings. The maximum absolute atomic E-state index is 5.57. The van der Waals surface area contributed by atoms with Crippen LogP contribution in [0.3, 0.4) is 0 Å². The van der Waals surface area contributed by atoms with E-state index in [1.54, 1.807) is 12.1 Å². The molecule has 0 fully saturated rings. The number of halogens is 3. The Bertz CT molecular complexity index is 256. The molecule has 2 N–H and O–H groups in total. The first-order valence-corrected chi connectivity index (χ1v) is 3.93. The van der Waals surface area contributed by atoms with Gasteiger partial charge in [-0.3, -0.25) is 0 Å². The second-order valence-electron chi connectivity index (χ2n) is 1.93. The van der Waals surface area contributed by atoms with E-state index in [9.17, 15) is 0 Å². The van der Waals surface area contributed by atoms with E-state index >= 15 is 0 Å². The van der Waals surface area contributed by atoms with Crippen molar-refractivity contribution in [1.82, 2.24) is 4.98 Å². The molecule has 0 atom stereocenters. The SMILES string of the molecule is Nc1ncccc1C(Cl)(Cl)Cl. The van der Waals surface area contributed by atoms with Gasteiger partial charge >= 0.3 is 0 Å². The summed E-state index contributed by atoms with van der Waals surface area (Å²) in [6.45, 7) is 0. The van der Waals surface area contributed by atoms with Crippen LogP contribution < -0.4 is 5.73 Å². The molecule has 1 aromatic heterocycles. The van der Waals surface area contributed by atoms with Crippen molar-refractivity contribution in [2.45, 2.75) is 3.79 Å². The molecule has 0 saturated heterocycles. The lowest BCUT2D eigenvalue weighted by molar-refractivity contribution is 1.18. The van der Waals surface area contributed by atoms with Crippen LogP contribution in [0.5, 0.6) is 0 Å². The number of rotatable bonds is 0. The maximum atomic E-state index is 5.57. The summed E-state index contributed by atoms with van der Waals surface area (Å²) in [5.41, 5.74) is 5.85. The molecule has 1 heterocycles. The Kier molecular flexibility index (Phi) is 2.47. The summed E-state index contributed by atoms with van der Waals surface area (Å²) in [4.78, 5) is 3.77. The highest BCUT2D eigenvalue weighted by Crippen LogP contribution is 2.39. The van der Waals surface area contributed by atoms with E-state index in [-0.39, 0.29) is 5.82 Å². The van der Waals surface area contributed by atoms with Crippen molar-refractivity contribution < 1.29 is 0 Å². The normalized spacial score (nSPS) is 11.5. The lowest BCUT2D eigenvalue weighted by Gasteiger charge is -2.11. The Hall–Kier alpha value is -0.180. The zero-order chi connectivity index (χ0) is 8.48. The van der Waals surface area contributed by atoms with Crippen molar-refractivity contribution in [2.75, 3.05) is 5.73 Å². The Balaban J connectivity index is 3.14. The number of alkyl halides is 3. The second kappa shape index (κ2) is 3.05. The number of pyridine rings is 1. The standard InChI is InChI=1S/C6H5Cl3N2/c7-6(8,9)4-2-1-3-11-5(4)10/h1-3H,(H2,10,11). The van der Waals surface area contributed by atoms with Crippen LogP contribution in [-0.4, -0.2) is 4.98 Å². The van der Waals surface area contributed by atoms with E-state index in [1.807, 2.05) is 0 Å². The maximum Gasteiger partial charge on any atom is 0.219 e. The molecule has 0 amide bonds. The molecule has 11 heavy (non-hydrogen) atoms. The minimum Gasteiger partial charge on any atom is -0.383 e. The van der Waals surface area contributed by atoms with E-state index in [1.165, 1.54) is 6.20 Å². The predicted octanol–water partition coefficient (Wildman–Crippen LogP) is 2.49. The summed E-state index contributed by atoms with van der Waals surface area (Å²) in [5, 5.41) is 0. The van der Waals surface area contributed by atoms with E-state index < -0.39 is 3.79 Å². The summed E-state index contributed by atoms with van der Waals surface area (Å²) in [6.07, 6.45) is 1.54. The monoisotopic (exact) mass is 210 g/mol. The van der Waals surface area contributed by atoms with Crippen LogP contribution in [0.2, 0.25) is 0 Å². The van der Waals surface area contributed by atoms with Crippen LogP contribution in [0.4, 0.5) is 5.82 Å². The number of nitrogens with zero attached hydrogens (tertiary/aromatic N) is 1. The van der Waals surface area contributed by atoms with E-state index in [4.69, 9.17) is 40.5 Å². The summed E-state index contributed by atoms with van der Waals surface area (Å²) < 4.78 is -1.49. The number of hydrogen-bond acceptors (Lipinski definition) is 2. The molecule has 0 aromatic carbocycles. The van der Waals surface area contributed by atoms with Gasteiger partial charge in [-0.15, -0.1) is 0 Å². The fraction of sp³-hybridized carbons (Fsp3) is 0.167. The van der Waals surface area contributed by atoms with Crippen LogP contribution >= 0.6 is 34.8 Å². The molecular formula is C6H5Cl3N2. The molecule has 0 aliphatic rings. The zero-order valence-corrected chi connectivity index (χ0v) is 7.66. The third kappa shape index (κ3) is 2.12. The van der Waals surface area contributed by atoms with Gasteiger partial charge in [-0.2, -0.15) is 0 Å². The van der Waals surface area contributed by atoms with Crippen LogP contribution in [0.1, 0.15) is 5.56 Å². The van der Waals surface area contributed by atoms with E-state index in [0.717, 1.165) is 0 Å². The van der Waals surface area contributed by atoms with Gasteiger partial charge < -0.3 is 5.73 Å². The molecule has 2 nitrogen and oxygen atoms in total. The molecule has 0 aliphatic heterocycles. The summed E-state index contributed by atoms with van der Waals surface area (Å²) in [7, 11) is 0. The Morgan fingerprint density at radius 3 is 2.36 bits per heavy atom. The van der Waals surface area contributed by atoms with Crippen molar-refractivity contribution in [3.63, 3.8) is 0 Å². The Labute approximate surface area is 79.3 Å². The van der Waals surface area contributed by atoms with Crippen LogP contribution in [0.25, 0.3) is 0 Å².